The van der Waals surface area contributed by atoms with E-state index in [-0.39, 0.29) is 0 Å². The van der Waals surface area contributed by atoms with Crippen LogP contribution in [0.2, 0.25) is 0 Å². The van der Waals surface area contributed by atoms with Crippen molar-refractivity contribution in [1.82, 2.24) is 10.2 Å². The maximum atomic E-state index is 3.52. The fraction of sp³-hybridized carbons (Fsp3) is 1.00. The summed E-state index contributed by atoms with van der Waals surface area (Å²) in [5.74, 6) is 2.00. The van der Waals surface area contributed by atoms with Crippen molar-refractivity contribution in [3.05, 3.63) is 0 Å². The molecule has 1 saturated carbocycles. The van der Waals surface area contributed by atoms with E-state index in [0.717, 1.165) is 18.4 Å². The fourth-order valence-electron chi connectivity index (χ4n) is 3.50. The Morgan fingerprint density at radius 2 is 1.76 bits per heavy atom. The van der Waals surface area contributed by atoms with Crippen molar-refractivity contribution in [3.63, 3.8) is 0 Å². The monoisotopic (exact) mass is 238 g/mol. The van der Waals surface area contributed by atoms with Gasteiger partial charge in [0, 0.05) is 31.7 Å². The molecule has 0 unspecified atom stereocenters. The molecule has 2 aliphatic rings. The molecule has 0 atom stereocenters. The Morgan fingerprint density at radius 3 is 2.35 bits per heavy atom. The topological polar surface area (TPSA) is 15.3 Å². The SMILES string of the molecule is CCC1CCC(CN2CCNCC2(C)C)CC1. The molecule has 0 aromatic carbocycles. The van der Waals surface area contributed by atoms with Gasteiger partial charge in [0.1, 0.15) is 0 Å². The Labute approximate surface area is 107 Å². The van der Waals surface area contributed by atoms with E-state index in [9.17, 15) is 0 Å². The van der Waals surface area contributed by atoms with E-state index in [2.05, 4.69) is 31.0 Å². The summed E-state index contributed by atoms with van der Waals surface area (Å²) in [6.07, 6.45) is 7.30. The van der Waals surface area contributed by atoms with Crippen molar-refractivity contribution in [3.8, 4) is 0 Å². The van der Waals surface area contributed by atoms with Gasteiger partial charge in [0.15, 0.2) is 0 Å². The lowest BCUT2D eigenvalue weighted by atomic mass is 9.80. The standard InChI is InChI=1S/C15H30N2/c1-4-13-5-7-14(8-6-13)11-17-10-9-16-12-15(17,2)3/h13-14,16H,4-12H2,1-3H3. The maximum Gasteiger partial charge on any atom is 0.0278 e. The third kappa shape index (κ3) is 3.45. The number of hydrogen-bond acceptors (Lipinski definition) is 2. The van der Waals surface area contributed by atoms with E-state index < -0.39 is 0 Å². The van der Waals surface area contributed by atoms with Gasteiger partial charge in [-0.15, -0.1) is 0 Å². The summed E-state index contributed by atoms with van der Waals surface area (Å²) in [7, 11) is 0. The molecule has 1 saturated heterocycles. The first-order valence-corrected chi connectivity index (χ1v) is 7.57. The minimum absolute atomic E-state index is 0.361. The van der Waals surface area contributed by atoms with Gasteiger partial charge in [-0.1, -0.05) is 26.2 Å². The summed E-state index contributed by atoms with van der Waals surface area (Å²) in [4.78, 5) is 2.72. The molecule has 2 fully saturated rings. The molecule has 0 radical (unpaired) electrons. The molecule has 1 N–H and O–H groups in total. The van der Waals surface area contributed by atoms with Gasteiger partial charge in [-0.3, -0.25) is 4.90 Å². The number of rotatable bonds is 3. The van der Waals surface area contributed by atoms with Crippen LogP contribution in [0.4, 0.5) is 0 Å². The minimum Gasteiger partial charge on any atom is -0.314 e. The smallest absolute Gasteiger partial charge is 0.0278 e. The maximum absolute atomic E-state index is 3.52. The van der Waals surface area contributed by atoms with Crippen LogP contribution in [0.3, 0.4) is 0 Å². The molecule has 1 heterocycles. The van der Waals surface area contributed by atoms with E-state index in [1.54, 1.807) is 0 Å². The lowest BCUT2D eigenvalue weighted by Gasteiger charge is -2.45. The molecule has 1 aliphatic heterocycles. The highest BCUT2D eigenvalue weighted by molar-refractivity contribution is 4.89. The highest BCUT2D eigenvalue weighted by atomic mass is 15.2. The number of nitrogens with one attached hydrogen (secondary N) is 1. The van der Waals surface area contributed by atoms with Crippen LogP contribution < -0.4 is 5.32 Å². The van der Waals surface area contributed by atoms with Gasteiger partial charge in [0.25, 0.3) is 0 Å². The quantitative estimate of drug-likeness (QED) is 0.813. The molecule has 0 spiro atoms. The minimum atomic E-state index is 0.361. The molecular weight excluding hydrogens is 208 g/mol. The summed E-state index contributed by atoms with van der Waals surface area (Å²) < 4.78 is 0. The van der Waals surface area contributed by atoms with E-state index in [1.807, 2.05) is 0 Å². The highest BCUT2D eigenvalue weighted by Gasteiger charge is 2.32. The predicted molar refractivity (Wildman–Crippen MR) is 74.3 cm³/mol. The lowest BCUT2D eigenvalue weighted by molar-refractivity contribution is 0.0609. The second kappa shape index (κ2) is 5.71. The van der Waals surface area contributed by atoms with Crippen molar-refractivity contribution < 1.29 is 0 Å². The summed E-state index contributed by atoms with van der Waals surface area (Å²) in [6, 6.07) is 0. The third-order valence-corrected chi connectivity index (χ3v) is 4.99. The van der Waals surface area contributed by atoms with Gasteiger partial charge in [0.2, 0.25) is 0 Å². The lowest BCUT2D eigenvalue weighted by Crippen LogP contribution is -2.58. The van der Waals surface area contributed by atoms with E-state index in [4.69, 9.17) is 0 Å². The molecule has 2 rings (SSSR count). The van der Waals surface area contributed by atoms with Gasteiger partial charge in [-0.05, 0) is 38.5 Å². The zero-order valence-electron chi connectivity index (χ0n) is 12.0. The van der Waals surface area contributed by atoms with Crippen molar-refractivity contribution in [2.24, 2.45) is 11.8 Å². The fourth-order valence-corrected chi connectivity index (χ4v) is 3.50. The average molecular weight is 238 g/mol. The molecule has 0 aromatic rings. The van der Waals surface area contributed by atoms with Crippen molar-refractivity contribution in [2.45, 2.75) is 58.4 Å². The summed E-state index contributed by atoms with van der Waals surface area (Å²) in [6.45, 7) is 12.0. The molecule has 1 aliphatic carbocycles. The van der Waals surface area contributed by atoms with E-state index >= 15 is 0 Å². The molecular formula is C15H30N2. The zero-order chi connectivity index (χ0) is 12.3. The first kappa shape index (κ1) is 13.4. The van der Waals surface area contributed by atoms with Crippen LogP contribution in [0, 0.1) is 11.8 Å². The van der Waals surface area contributed by atoms with Crippen LogP contribution in [-0.4, -0.2) is 36.6 Å². The van der Waals surface area contributed by atoms with Crippen LogP contribution in [0.15, 0.2) is 0 Å². The Morgan fingerprint density at radius 1 is 1.12 bits per heavy atom. The van der Waals surface area contributed by atoms with Gasteiger partial charge >= 0.3 is 0 Å². The number of nitrogens with zero attached hydrogens (tertiary/aromatic N) is 1. The first-order valence-electron chi connectivity index (χ1n) is 7.57. The van der Waals surface area contributed by atoms with Crippen LogP contribution in [-0.2, 0) is 0 Å². The highest BCUT2D eigenvalue weighted by Crippen LogP contribution is 2.32. The van der Waals surface area contributed by atoms with Gasteiger partial charge in [0.05, 0.1) is 0 Å². The van der Waals surface area contributed by atoms with Crippen molar-refractivity contribution >= 4 is 0 Å². The van der Waals surface area contributed by atoms with Gasteiger partial charge < -0.3 is 5.32 Å². The first-order chi connectivity index (χ1) is 8.12. The largest absolute Gasteiger partial charge is 0.314 e. The number of piperazine rings is 1. The Kier molecular flexibility index (Phi) is 4.48. The van der Waals surface area contributed by atoms with E-state index in [0.29, 0.717) is 5.54 Å². The Hall–Kier alpha value is -0.0800. The molecule has 17 heavy (non-hydrogen) atoms. The van der Waals surface area contributed by atoms with Crippen molar-refractivity contribution in [2.75, 3.05) is 26.2 Å². The second-order valence-corrected chi connectivity index (χ2v) is 6.73. The Balaban J connectivity index is 1.80. The van der Waals surface area contributed by atoms with Crippen LogP contribution in [0.1, 0.15) is 52.9 Å². The predicted octanol–water partition coefficient (Wildman–Crippen LogP) is 2.89. The van der Waals surface area contributed by atoms with Crippen molar-refractivity contribution in [1.29, 1.82) is 0 Å². The third-order valence-electron chi connectivity index (χ3n) is 4.99. The van der Waals surface area contributed by atoms with Crippen LogP contribution >= 0.6 is 0 Å². The summed E-state index contributed by atoms with van der Waals surface area (Å²) in [5, 5.41) is 3.52. The average Bonchev–Trinajstić information content (AvgIpc) is 2.33. The van der Waals surface area contributed by atoms with Crippen LogP contribution in [0.25, 0.3) is 0 Å². The van der Waals surface area contributed by atoms with Gasteiger partial charge in [-0.2, -0.15) is 0 Å². The summed E-state index contributed by atoms with van der Waals surface area (Å²) in [5.41, 5.74) is 0.361. The number of hydrogen-bond donors (Lipinski definition) is 1. The molecule has 2 heteroatoms. The zero-order valence-corrected chi connectivity index (χ0v) is 12.0. The molecule has 0 bridgehead atoms. The van der Waals surface area contributed by atoms with E-state index in [1.165, 1.54) is 51.7 Å². The molecule has 0 aromatic heterocycles. The van der Waals surface area contributed by atoms with Gasteiger partial charge in [-0.25, -0.2) is 0 Å². The second-order valence-electron chi connectivity index (χ2n) is 6.73. The normalized spacial score (nSPS) is 34.8. The molecule has 0 amide bonds. The van der Waals surface area contributed by atoms with Crippen LogP contribution in [0.5, 0.6) is 0 Å². The molecule has 100 valence electrons. The molecule has 2 nitrogen and oxygen atoms in total. The Bertz CT molecular complexity index is 229. The summed E-state index contributed by atoms with van der Waals surface area (Å²) >= 11 is 0.